The Labute approximate surface area is 134 Å². The Morgan fingerprint density at radius 3 is 2.74 bits per heavy atom. The molecule has 0 radical (unpaired) electrons. The molecule has 0 spiro atoms. The van der Waals surface area contributed by atoms with E-state index in [1.54, 1.807) is 6.20 Å². The van der Waals surface area contributed by atoms with Gasteiger partial charge in [0.25, 0.3) is 0 Å². The fourth-order valence-electron chi connectivity index (χ4n) is 3.32. The molecule has 2 fully saturated rings. The zero-order chi connectivity index (χ0) is 15.8. The molecular weight excluding hydrogens is 298 g/mol. The van der Waals surface area contributed by atoms with Crippen LogP contribution in [0.15, 0.2) is 30.5 Å². The van der Waals surface area contributed by atoms with Crippen LogP contribution in [0.25, 0.3) is 5.69 Å². The second-order valence-corrected chi connectivity index (χ2v) is 6.40. The van der Waals surface area contributed by atoms with Gasteiger partial charge in [-0.2, -0.15) is 5.10 Å². The van der Waals surface area contributed by atoms with Gasteiger partial charge in [0.15, 0.2) is 5.82 Å². The number of hydrogen-bond acceptors (Lipinski definition) is 3. The van der Waals surface area contributed by atoms with Crippen LogP contribution in [-0.2, 0) is 6.54 Å². The lowest BCUT2D eigenvalue weighted by Gasteiger charge is -2.27. The van der Waals surface area contributed by atoms with Crippen molar-refractivity contribution in [2.45, 2.75) is 37.9 Å². The Kier molecular flexibility index (Phi) is 3.87. The van der Waals surface area contributed by atoms with E-state index in [4.69, 9.17) is 0 Å². The molecule has 1 unspecified atom stereocenters. The molecule has 1 aromatic carbocycles. The average molecular weight is 318 g/mol. The van der Waals surface area contributed by atoms with Crippen LogP contribution in [0.2, 0.25) is 0 Å². The molecule has 1 N–H and O–H groups in total. The van der Waals surface area contributed by atoms with Gasteiger partial charge in [-0.15, -0.1) is 0 Å². The maximum absolute atomic E-state index is 13.9. The van der Waals surface area contributed by atoms with Gasteiger partial charge in [0.2, 0.25) is 0 Å². The Morgan fingerprint density at radius 2 is 2.04 bits per heavy atom. The summed E-state index contributed by atoms with van der Waals surface area (Å²) in [6, 6.07) is 6.70. The topological polar surface area (TPSA) is 33.1 Å². The van der Waals surface area contributed by atoms with Crippen LogP contribution in [0.5, 0.6) is 0 Å². The molecule has 0 bridgehead atoms. The number of halogens is 2. The monoisotopic (exact) mass is 318 g/mol. The van der Waals surface area contributed by atoms with Gasteiger partial charge in [0, 0.05) is 37.4 Å². The van der Waals surface area contributed by atoms with Gasteiger partial charge in [-0.05, 0) is 44.0 Å². The average Bonchev–Trinajstić information content (AvgIpc) is 3.03. The Morgan fingerprint density at radius 1 is 1.17 bits per heavy atom. The SMILES string of the molecule is Fc1ccc(-n2ccc(CN(C3CC3)C3CCNC3)n2)c(F)c1. The first-order valence-electron chi connectivity index (χ1n) is 8.17. The molecule has 0 amide bonds. The standard InChI is InChI=1S/C17H20F2N4/c18-12-1-4-17(16(19)9-12)23-8-6-13(21-23)11-22(14-2-3-14)15-5-7-20-10-15/h1,4,6,8-9,14-15,20H,2-3,5,7,10-11H2. The van der Waals surface area contributed by atoms with E-state index in [2.05, 4.69) is 15.3 Å². The quantitative estimate of drug-likeness (QED) is 0.919. The molecule has 1 aromatic heterocycles. The van der Waals surface area contributed by atoms with Crippen molar-refractivity contribution in [1.29, 1.82) is 0 Å². The van der Waals surface area contributed by atoms with Crippen LogP contribution in [0.4, 0.5) is 8.78 Å². The summed E-state index contributed by atoms with van der Waals surface area (Å²) < 4.78 is 28.4. The van der Waals surface area contributed by atoms with E-state index in [0.717, 1.165) is 31.4 Å². The molecule has 1 atom stereocenters. The van der Waals surface area contributed by atoms with Crippen LogP contribution < -0.4 is 5.32 Å². The van der Waals surface area contributed by atoms with Crippen LogP contribution >= 0.6 is 0 Å². The number of rotatable bonds is 5. The van der Waals surface area contributed by atoms with E-state index in [1.165, 1.54) is 36.1 Å². The minimum absolute atomic E-state index is 0.276. The highest BCUT2D eigenvalue weighted by Gasteiger charge is 2.35. The van der Waals surface area contributed by atoms with Crippen molar-refractivity contribution in [2.75, 3.05) is 13.1 Å². The van der Waals surface area contributed by atoms with E-state index in [9.17, 15) is 8.78 Å². The normalized spacial score (nSPS) is 21.3. The smallest absolute Gasteiger partial charge is 0.151 e. The highest BCUT2D eigenvalue weighted by molar-refractivity contribution is 5.33. The van der Waals surface area contributed by atoms with Gasteiger partial charge in [-0.25, -0.2) is 13.5 Å². The first-order chi connectivity index (χ1) is 11.2. The van der Waals surface area contributed by atoms with E-state index < -0.39 is 11.6 Å². The summed E-state index contributed by atoms with van der Waals surface area (Å²) >= 11 is 0. The number of benzene rings is 1. The second-order valence-electron chi connectivity index (χ2n) is 6.40. The number of hydrogen-bond donors (Lipinski definition) is 1. The van der Waals surface area contributed by atoms with Crippen LogP contribution in [0.1, 0.15) is 25.0 Å². The molecule has 1 saturated carbocycles. The van der Waals surface area contributed by atoms with Crippen molar-refractivity contribution in [2.24, 2.45) is 0 Å². The maximum Gasteiger partial charge on any atom is 0.151 e. The summed E-state index contributed by atoms with van der Waals surface area (Å²) in [4.78, 5) is 2.52. The van der Waals surface area contributed by atoms with Crippen molar-refractivity contribution in [3.63, 3.8) is 0 Å². The third-order valence-corrected chi connectivity index (χ3v) is 4.66. The first kappa shape index (κ1) is 14.8. The zero-order valence-electron chi connectivity index (χ0n) is 12.9. The van der Waals surface area contributed by atoms with Crippen molar-refractivity contribution in [3.05, 3.63) is 47.8 Å². The van der Waals surface area contributed by atoms with Gasteiger partial charge in [0.05, 0.1) is 5.69 Å². The molecule has 6 heteroatoms. The Bertz CT molecular complexity index is 690. The molecule has 122 valence electrons. The second kappa shape index (κ2) is 6.02. The molecule has 1 aliphatic carbocycles. The van der Waals surface area contributed by atoms with Gasteiger partial charge in [0.1, 0.15) is 11.5 Å². The Balaban J connectivity index is 1.52. The van der Waals surface area contributed by atoms with Crippen LogP contribution in [-0.4, -0.2) is 39.9 Å². The summed E-state index contributed by atoms with van der Waals surface area (Å²) in [5.74, 6) is -1.18. The molecule has 1 saturated heterocycles. The minimum atomic E-state index is -0.598. The highest BCUT2D eigenvalue weighted by atomic mass is 19.1. The van der Waals surface area contributed by atoms with E-state index in [-0.39, 0.29) is 5.69 Å². The van der Waals surface area contributed by atoms with Crippen LogP contribution in [0, 0.1) is 11.6 Å². The highest BCUT2D eigenvalue weighted by Crippen LogP contribution is 2.31. The summed E-state index contributed by atoms with van der Waals surface area (Å²) in [5, 5.41) is 7.90. The number of nitrogens with zero attached hydrogens (tertiary/aromatic N) is 3. The lowest BCUT2D eigenvalue weighted by molar-refractivity contribution is 0.186. The van der Waals surface area contributed by atoms with Crippen molar-refractivity contribution in [3.8, 4) is 5.69 Å². The fraction of sp³-hybridized carbons (Fsp3) is 0.471. The van der Waals surface area contributed by atoms with Gasteiger partial charge in [-0.1, -0.05) is 0 Å². The third kappa shape index (κ3) is 3.14. The van der Waals surface area contributed by atoms with Crippen molar-refractivity contribution in [1.82, 2.24) is 20.0 Å². The number of aromatic nitrogens is 2. The molecule has 4 nitrogen and oxygen atoms in total. The van der Waals surface area contributed by atoms with Gasteiger partial charge >= 0.3 is 0 Å². The molecule has 1 aliphatic heterocycles. The summed E-state index contributed by atoms with van der Waals surface area (Å²) in [6.07, 6.45) is 5.42. The van der Waals surface area contributed by atoms with Crippen molar-refractivity contribution >= 4 is 0 Å². The zero-order valence-corrected chi connectivity index (χ0v) is 12.9. The molecular formula is C17H20F2N4. The minimum Gasteiger partial charge on any atom is -0.315 e. The van der Waals surface area contributed by atoms with Gasteiger partial charge in [-0.3, -0.25) is 4.90 Å². The largest absolute Gasteiger partial charge is 0.315 e. The molecule has 23 heavy (non-hydrogen) atoms. The third-order valence-electron chi connectivity index (χ3n) is 4.66. The van der Waals surface area contributed by atoms with Gasteiger partial charge < -0.3 is 5.32 Å². The van der Waals surface area contributed by atoms with Crippen molar-refractivity contribution < 1.29 is 8.78 Å². The molecule has 2 aromatic rings. The van der Waals surface area contributed by atoms with E-state index in [1.807, 2.05) is 6.07 Å². The first-order valence-corrected chi connectivity index (χ1v) is 8.17. The predicted octanol–water partition coefficient (Wildman–Crippen LogP) is 2.48. The van der Waals surface area contributed by atoms with E-state index >= 15 is 0 Å². The summed E-state index contributed by atoms with van der Waals surface area (Å²) in [5.41, 5.74) is 1.20. The lowest BCUT2D eigenvalue weighted by Crippen LogP contribution is -2.38. The molecule has 4 rings (SSSR count). The maximum atomic E-state index is 13.9. The predicted molar refractivity (Wildman–Crippen MR) is 83.3 cm³/mol. The Hall–Kier alpha value is -1.79. The fourth-order valence-corrected chi connectivity index (χ4v) is 3.32. The summed E-state index contributed by atoms with van der Waals surface area (Å²) in [7, 11) is 0. The van der Waals surface area contributed by atoms with E-state index in [0.29, 0.717) is 12.1 Å². The lowest BCUT2D eigenvalue weighted by atomic mass is 10.2. The molecule has 2 aliphatic rings. The summed E-state index contributed by atoms with van der Waals surface area (Å²) in [6.45, 7) is 2.89. The molecule has 2 heterocycles. The number of nitrogens with one attached hydrogen (secondary N) is 1. The van der Waals surface area contributed by atoms with Crippen LogP contribution in [0.3, 0.4) is 0 Å².